The van der Waals surface area contributed by atoms with E-state index in [1.165, 1.54) is 12.5 Å². The van der Waals surface area contributed by atoms with Crippen LogP contribution in [0.1, 0.15) is 19.8 Å². The minimum Gasteiger partial charge on any atom is -0.399 e. The van der Waals surface area contributed by atoms with Crippen LogP contribution in [0.25, 0.3) is 0 Å². The van der Waals surface area contributed by atoms with E-state index in [0.29, 0.717) is 11.6 Å². The second-order valence-electron chi connectivity index (χ2n) is 5.00. The summed E-state index contributed by atoms with van der Waals surface area (Å²) in [4.78, 5) is 2.25. The second kappa shape index (κ2) is 4.78. The van der Waals surface area contributed by atoms with Crippen LogP contribution < -0.4 is 15.8 Å². The van der Waals surface area contributed by atoms with Crippen molar-refractivity contribution in [2.24, 2.45) is 11.1 Å². The van der Waals surface area contributed by atoms with Crippen molar-refractivity contribution in [3.05, 3.63) is 18.2 Å². The molecule has 0 bridgehead atoms. The molecule has 5 nitrogen and oxygen atoms in total. The van der Waals surface area contributed by atoms with Gasteiger partial charge in [-0.15, -0.1) is 0 Å². The minimum absolute atomic E-state index is 0.0794. The zero-order valence-corrected chi connectivity index (χ0v) is 11.3. The first-order valence-corrected chi connectivity index (χ1v) is 7.59. The third-order valence-corrected chi connectivity index (χ3v) is 4.16. The highest BCUT2D eigenvalue weighted by atomic mass is 32.2. The number of rotatable bonds is 2. The van der Waals surface area contributed by atoms with E-state index in [1.807, 2.05) is 0 Å². The van der Waals surface area contributed by atoms with Gasteiger partial charge >= 0.3 is 0 Å². The normalized spacial score (nSPS) is 21.0. The van der Waals surface area contributed by atoms with Gasteiger partial charge in [0.2, 0.25) is 10.0 Å². The highest BCUT2D eigenvalue weighted by molar-refractivity contribution is 7.89. The van der Waals surface area contributed by atoms with E-state index < -0.39 is 10.0 Å². The Balaban J connectivity index is 2.36. The van der Waals surface area contributed by atoms with Gasteiger partial charge in [-0.2, -0.15) is 0 Å². The van der Waals surface area contributed by atoms with E-state index in [9.17, 15) is 8.42 Å². The van der Waals surface area contributed by atoms with E-state index in [-0.39, 0.29) is 4.90 Å². The van der Waals surface area contributed by atoms with Gasteiger partial charge in [0.25, 0.3) is 0 Å². The molecule has 1 fully saturated rings. The summed E-state index contributed by atoms with van der Waals surface area (Å²) in [5.74, 6) is 0.609. The Kier molecular flexibility index (Phi) is 3.49. The largest absolute Gasteiger partial charge is 0.399 e. The van der Waals surface area contributed by atoms with Crippen molar-refractivity contribution in [2.45, 2.75) is 24.7 Å². The number of piperidine rings is 1. The molecule has 6 heteroatoms. The molecule has 1 aromatic rings. The molecule has 1 aliphatic heterocycles. The van der Waals surface area contributed by atoms with Crippen molar-refractivity contribution in [1.82, 2.24) is 0 Å². The Labute approximate surface area is 108 Å². The molecule has 1 saturated heterocycles. The van der Waals surface area contributed by atoms with Gasteiger partial charge in [-0.05, 0) is 37.0 Å². The summed E-state index contributed by atoms with van der Waals surface area (Å²) in [6, 6.07) is 4.79. The maximum absolute atomic E-state index is 11.4. The summed E-state index contributed by atoms with van der Waals surface area (Å²) >= 11 is 0. The fourth-order valence-corrected chi connectivity index (χ4v) is 2.96. The molecule has 2 rings (SSSR count). The van der Waals surface area contributed by atoms with Gasteiger partial charge in [0, 0.05) is 24.5 Å². The van der Waals surface area contributed by atoms with E-state index in [4.69, 9.17) is 10.9 Å². The van der Waals surface area contributed by atoms with Crippen LogP contribution in [-0.2, 0) is 10.0 Å². The quantitative estimate of drug-likeness (QED) is 0.788. The molecule has 0 spiro atoms. The molecule has 1 unspecified atom stereocenters. The average molecular weight is 269 g/mol. The fourth-order valence-electron chi connectivity index (χ4n) is 2.38. The van der Waals surface area contributed by atoms with Crippen molar-refractivity contribution in [2.75, 3.05) is 23.7 Å². The number of primary sulfonamides is 1. The lowest BCUT2D eigenvalue weighted by Gasteiger charge is -2.33. The number of benzene rings is 1. The molecule has 1 aromatic carbocycles. The van der Waals surface area contributed by atoms with E-state index in [0.717, 1.165) is 25.2 Å². The van der Waals surface area contributed by atoms with E-state index in [2.05, 4.69) is 11.8 Å². The standard InChI is InChI=1S/C12H19N3O2S/c1-9-3-2-4-15(8-9)11-5-10(13)6-12(7-11)18(14,16)17/h5-7,9H,2-4,8,13H2,1H3,(H2,14,16,17). The predicted octanol–water partition coefficient (Wildman–Crippen LogP) is 1.15. The number of hydrogen-bond acceptors (Lipinski definition) is 4. The van der Waals surface area contributed by atoms with Crippen LogP contribution in [0.2, 0.25) is 0 Å². The predicted molar refractivity (Wildman–Crippen MR) is 72.8 cm³/mol. The van der Waals surface area contributed by atoms with Gasteiger partial charge in [0.05, 0.1) is 4.90 Å². The molecule has 18 heavy (non-hydrogen) atoms. The number of nitrogen functional groups attached to an aromatic ring is 1. The number of nitrogens with zero attached hydrogens (tertiary/aromatic N) is 1. The Hall–Kier alpha value is -1.27. The number of hydrogen-bond donors (Lipinski definition) is 2. The third-order valence-electron chi connectivity index (χ3n) is 3.26. The lowest BCUT2D eigenvalue weighted by molar-refractivity contribution is 0.446. The van der Waals surface area contributed by atoms with Crippen LogP contribution in [-0.4, -0.2) is 21.5 Å². The van der Waals surface area contributed by atoms with Gasteiger partial charge in [0.1, 0.15) is 0 Å². The summed E-state index contributed by atoms with van der Waals surface area (Å²) in [5, 5.41) is 5.15. The first-order valence-electron chi connectivity index (χ1n) is 6.04. The van der Waals surface area contributed by atoms with Crippen LogP contribution >= 0.6 is 0 Å². The van der Waals surface area contributed by atoms with Gasteiger partial charge in [-0.1, -0.05) is 6.92 Å². The molecule has 1 atom stereocenters. The monoisotopic (exact) mass is 269 g/mol. The SMILES string of the molecule is CC1CCCN(c2cc(N)cc(S(N)(=O)=O)c2)C1. The van der Waals surface area contributed by atoms with Gasteiger partial charge in [-0.3, -0.25) is 0 Å². The topological polar surface area (TPSA) is 89.4 Å². The Morgan fingerprint density at radius 1 is 1.33 bits per heavy atom. The zero-order chi connectivity index (χ0) is 13.3. The molecule has 4 N–H and O–H groups in total. The second-order valence-corrected chi connectivity index (χ2v) is 6.56. The summed E-state index contributed by atoms with van der Waals surface area (Å²) in [6.07, 6.45) is 2.32. The first-order chi connectivity index (χ1) is 8.36. The third kappa shape index (κ3) is 2.94. The fraction of sp³-hybridized carbons (Fsp3) is 0.500. The van der Waals surface area contributed by atoms with Crippen LogP contribution in [0.4, 0.5) is 11.4 Å². The van der Waals surface area contributed by atoms with E-state index >= 15 is 0 Å². The molecular formula is C12H19N3O2S. The molecule has 1 aliphatic rings. The van der Waals surface area contributed by atoms with Crippen molar-refractivity contribution >= 4 is 21.4 Å². The highest BCUT2D eigenvalue weighted by Gasteiger charge is 2.19. The number of nitrogens with two attached hydrogens (primary N) is 2. The molecule has 0 radical (unpaired) electrons. The van der Waals surface area contributed by atoms with Crippen LogP contribution in [0.3, 0.4) is 0 Å². The van der Waals surface area contributed by atoms with Crippen molar-refractivity contribution in [3.63, 3.8) is 0 Å². The molecule has 0 amide bonds. The Bertz CT molecular complexity index is 542. The van der Waals surface area contributed by atoms with Crippen molar-refractivity contribution < 1.29 is 8.42 Å². The average Bonchev–Trinajstić information content (AvgIpc) is 2.27. The minimum atomic E-state index is -3.71. The lowest BCUT2D eigenvalue weighted by Crippen LogP contribution is -2.34. The maximum Gasteiger partial charge on any atom is 0.238 e. The summed E-state index contributed by atoms with van der Waals surface area (Å²) < 4.78 is 22.8. The number of sulfonamides is 1. The molecular weight excluding hydrogens is 250 g/mol. The Morgan fingerprint density at radius 3 is 2.67 bits per heavy atom. The Morgan fingerprint density at radius 2 is 2.06 bits per heavy atom. The van der Waals surface area contributed by atoms with Crippen LogP contribution in [0.5, 0.6) is 0 Å². The molecule has 0 aliphatic carbocycles. The van der Waals surface area contributed by atoms with Gasteiger partial charge in [0.15, 0.2) is 0 Å². The molecule has 0 aromatic heterocycles. The number of anilines is 2. The smallest absolute Gasteiger partial charge is 0.238 e. The van der Waals surface area contributed by atoms with Crippen LogP contribution in [0, 0.1) is 5.92 Å². The summed E-state index contributed by atoms with van der Waals surface area (Å²) in [6.45, 7) is 4.05. The molecule has 100 valence electrons. The lowest BCUT2D eigenvalue weighted by atomic mass is 10.00. The summed E-state index contributed by atoms with van der Waals surface area (Å²) in [7, 11) is -3.71. The van der Waals surface area contributed by atoms with Gasteiger partial charge in [-0.25, -0.2) is 13.6 Å². The van der Waals surface area contributed by atoms with Gasteiger partial charge < -0.3 is 10.6 Å². The first kappa shape index (κ1) is 13.2. The van der Waals surface area contributed by atoms with E-state index in [1.54, 1.807) is 12.1 Å². The van der Waals surface area contributed by atoms with Crippen LogP contribution in [0.15, 0.2) is 23.1 Å². The maximum atomic E-state index is 11.4. The van der Waals surface area contributed by atoms with Crippen molar-refractivity contribution in [3.8, 4) is 0 Å². The summed E-state index contributed by atoms with van der Waals surface area (Å²) in [5.41, 5.74) is 7.01. The highest BCUT2D eigenvalue weighted by Crippen LogP contribution is 2.27. The van der Waals surface area contributed by atoms with Crippen molar-refractivity contribution in [1.29, 1.82) is 0 Å². The zero-order valence-electron chi connectivity index (χ0n) is 10.5. The molecule has 1 heterocycles. The molecule has 0 saturated carbocycles.